The van der Waals surface area contributed by atoms with Crippen molar-refractivity contribution in [2.24, 2.45) is 0 Å². The standard InChI is InChI=1S/C22H18F4N2O2/c23-17-6-3-14(4-7-17)19-13-27-20(30-19)9-10-21(29)28-11-1-2-15-12-16(22(24,25)26)5-8-18(15)28/h3-8,12-13H,1-2,9-11H2. The minimum absolute atomic E-state index is 0.115. The highest BCUT2D eigenvalue weighted by atomic mass is 19.4. The Morgan fingerprint density at radius 1 is 1.13 bits per heavy atom. The molecule has 0 aliphatic carbocycles. The first kappa shape index (κ1) is 20.1. The Balaban J connectivity index is 1.44. The van der Waals surface area contributed by atoms with Gasteiger partial charge in [-0.15, -0.1) is 0 Å². The maximum Gasteiger partial charge on any atom is 0.416 e. The number of oxazole rings is 1. The Hall–Kier alpha value is -3.16. The molecule has 156 valence electrons. The second-order valence-electron chi connectivity index (χ2n) is 7.12. The van der Waals surface area contributed by atoms with Crippen LogP contribution in [0.25, 0.3) is 11.3 Å². The summed E-state index contributed by atoms with van der Waals surface area (Å²) in [7, 11) is 0. The molecule has 0 saturated heterocycles. The summed E-state index contributed by atoms with van der Waals surface area (Å²) in [5, 5.41) is 0. The fraction of sp³-hybridized carbons (Fsp3) is 0.273. The zero-order valence-electron chi connectivity index (χ0n) is 15.9. The third kappa shape index (κ3) is 4.22. The number of carbonyl (C=O) groups is 1. The number of anilines is 1. The zero-order valence-corrected chi connectivity index (χ0v) is 15.9. The van der Waals surface area contributed by atoms with Crippen LogP contribution < -0.4 is 4.90 Å². The van der Waals surface area contributed by atoms with Crippen molar-refractivity contribution in [3.8, 4) is 11.3 Å². The molecular weight excluding hydrogens is 400 g/mol. The van der Waals surface area contributed by atoms with Crippen LogP contribution in [0.5, 0.6) is 0 Å². The monoisotopic (exact) mass is 418 g/mol. The summed E-state index contributed by atoms with van der Waals surface area (Å²) in [4.78, 5) is 18.4. The Kier molecular flexibility index (Phi) is 5.32. The van der Waals surface area contributed by atoms with Crippen molar-refractivity contribution < 1.29 is 26.8 Å². The average Bonchev–Trinajstić information content (AvgIpc) is 3.20. The lowest BCUT2D eigenvalue weighted by Crippen LogP contribution is -2.35. The Bertz CT molecular complexity index is 1060. The van der Waals surface area contributed by atoms with Crippen LogP contribution in [0.3, 0.4) is 0 Å². The minimum atomic E-state index is -4.41. The molecule has 1 aliphatic rings. The van der Waals surface area contributed by atoms with Crippen LogP contribution in [0.4, 0.5) is 23.2 Å². The molecule has 1 aliphatic heterocycles. The van der Waals surface area contributed by atoms with E-state index in [0.29, 0.717) is 47.9 Å². The number of nitrogens with zero attached hydrogens (tertiary/aromatic N) is 2. The van der Waals surface area contributed by atoms with Crippen LogP contribution in [-0.2, 0) is 23.8 Å². The van der Waals surface area contributed by atoms with Crippen molar-refractivity contribution in [3.05, 3.63) is 71.5 Å². The summed E-state index contributed by atoms with van der Waals surface area (Å²) in [5.74, 6) is 0.290. The molecule has 0 spiro atoms. The van der Waals surface area contributed by atoms with Crippen LogP contribution in [0.2, 0.25) is 0 Å². The highest BCUT2D eigenvalue weighted by Crippen LogP contribution is 2.35. The number of hydrogen-bond acceptors (Lipinski definition) is 3. The first-order valence-corrected chi connectivity index (χ1v) is 9.52. The Labute approximate surface area is 170 Å². The van der Waals surface area contributed by atoms with E-state index in [2.05, 4.69) is 4.98 Å². The highest BCUT2D eigenvalue weighted by molar-refractivity contribution is 5.94. The quantitative estimate of drug-likeness (QED) is 0.532. The number of fused-ring (bicyclic) bond motifs is 1. The molecule has 2 heterocycles. The van der Waals surface area contributed by atoms with E-state index in [-0.39, 0.29) is 24.6 Å². The molecule has 0 radical (unpaired) electrons. The van der Waals surface area contributed by atoms with E-state index < -0.39 is 11.7 Å². The lowest BCUT2D eigenvalue weighted by molar-refractivity contribution is -0.137. The molecule has 0 N–H and O–H groups in total. The normalized spacial score (nSPS) is 13.9. The maximum absolute atomic E-state index is 13.0. The second kappa shape index (κ2) is 7.93. The molecule has 3 aromatic rings. The van der Waals surface area contributed by atoms with Gasteiger partial charge in [0.25, 0.3) is 0 Å². The number of aromatic nitrogens is 1. The summed E-state index contributed by atoms with van der Waals surface area (Å²) in [6, 6.07) is 9.28. The molecule has 0 atom stereocenters. The van der Waals surface area contributed by atoms with E-state index >= 15 is 0 Å². The molecule has 2 aromatic carbocycles. The van der Waals surface area contributed by atoms with Gasteiger partial charge >= 0.3 is 6.18 Å². The van der Waals surface area contributed by atoms with Crippen molar-refractivity contribution >= 4 is 11.6 Å². The maximum atomic E-state index is 13.0. The van der Waals surface area contributed by atoms with Crippen molar-refractivity contribution in [2.45, 2.75) is 31.9 Å². The molecule has 4 rings (SSSR count). The Morgan fingerprint density at radius 3 is 2.63 bits per heavy atom. The van der Waals surface area contributed by atoms with Gasteiger partial charge in [0, 0.05) is 30.6 Å². The van der Waals surface area contributed by atoms with Crippen molar-refractivity contribution in [3.63, 3.8) is 0 Å². The van der Waals surface area contributed by atoms with Gasteiger partial charge in [0.2, 0.25) is 5.91 Å². The van der Waals surface area contributed by atoms with E-state index in [1.165, 1.54) is 29.3 Å². The fourth-order valence-corrected chi connectivity index (χ4v) is 3.55. The van der Waals surface area contributed by atoms with E-state index in [1.54, 1.807) is 12.1 Å². The first-order valence-electron chi connectivity index (χ1n) is 9.52. The van der Waals surface area contributed by atoms with Crippen LogP contribution in [0.1, 0.15) is 29.9 Å². The van der Waals surface area contributed by atoms with Gasteiger partial charge in [-0.25, -0.2) is 9.37 Å². The number of rotatable bonds is 4. The third-order valence-corrected chi connectivity index (χ3v) is 5.06. The van der Waals surface area contributed by atoms with Gasteiger partial charge in [-0.05, 0) is 60.9 Å². The number of aryl methyl sites for hydroxylation is 2. The smallest absolute Gasteiger partial charge is 0.416 e. The van der Waals surface area contributed by atoms with Gasteiger partial charge in [0.05, 0.1) is 11.8 Å². The third-order valence-electron chi connectivity index (χ3n) is 5.06. The molecule has 8 heteroatoms. The number of benzene rings is 2. The molecule has 0 bridgehead atoms. The minimum Gasteiger partial charge on any atom is -0.441 e. The molecule has 30 heavy (non-hydrogen) atoms. The SMILES string of the molecule is O=C(CCc1ncc(-c2ccc(F)cc2)o1)N1CCCc2cc(C(F)(F)F)ccc21. The largest absolute Gasteiger partial charge is 0.441 e. The van der Waals surface area contributed by atoms with Gasteiger partial charge in [-0.2, -0.15) is 13.2 Å². The average molecular weight is 418 g/mol. The van der Waals surface area contributed by atoms with E-state index in [9.17, 15) is 22.4 Å². The summed E-state index contributed by atoms with van der Waals surface area (Å²) in [6.45, 7) is 0.462. The van der Waals surface area contributed by atoms with Gasteiger partial charge in [0.1, 0.15) is 5.82 Å². The Morgan fingerprint density at radius 2 is 1.90 bits per heavy atom. The molecule has 0 fully saturated rings. The highest BCUT2D eigenvalue weighted by Gasteiger charge is 2.32. The predicted molar refractivity (Wildman–Crippen MR) is 102 cm³/mol. The van der Waals surface area contributed by atoms with Crippen LogP contribution in [0.15, 0.2) is 53.1 Å². The molecular formula is C22H18F4N2O2. The van der Waals surface area contributed by atoms with Gasteiger partial charge < -0.3 is 9.32 Å². The van der Waals surface area contributed by atoms with Crippen molar-refractivity contribution in [2.75, 3.05) is 11.4 Å². The summed E-state index contributed by atoms with van der Waals surface area (Å²) in [5.41, 5.74) is 1.02. The molecule has 1 aromatic heterocycles. The van der Waals surface area contributed by atoms with Gasteiger partial charge in [0.15, 0.2) is 11.7 Å². The van der Waals surface area contributed by atoms with Crippen LogP contribution >= 0.6 is 0 Å². The lowest BCUT2D eigenvalue weighted by atomic mass is 9.98. The number of carbonyl (C=O) groups excluding carboxylic acids is 1. The lowest BCUT2D eigenvalue weighted by Gasteiger charge is -2.30. The zero-order chi connectivity index (χ0) is 21.3. The summed E-state index contributed by atoms with van der Waals surface area (Å²) < 4.78 is 57.5. The fourth-order valence-electron chi connectivity index (χ4n) is 3.55. The second-order valence-corrected chi connectivity index (χ2v) is 7.12. The van der Waals surface area contributed by atoms with Crippen molar-refractivity contribution in [1.82, 2.24) is 4.98 Å². The summed E-state index contributed by atoms with van der Waals surface area (Å²) >= 11 is 0. The molecule has 0 saturated carbocycles. The van der Waals surface area contributed by atoms with Crippen LogP contribution in [0, 0.1) is 5.82 Å². The van der Waals surface area contributed by atoms with Crippen molar-refractivity contribution in [1.29, 1.82) is 0 Å². The topological polar surface area (TPSA) is 46.3 Å². The van der Waals surface area contributed by atoms with E-state index in [0.717, 1.165) is 12.1 Å². The number of hydrogen-bond donors (Lipinski definition) is 0. The van der Waals surface area contributed by atoms with E-state index in [4.69, 9.17) is 4.42 Å². The summed E-state index contributed by atoms with van der Waals surface area (Å²) in [6.07, 6.45) is -1.41. The van der Waals surface area contributed by atoms with Gasteiger partial charge in [-0.3, -0.25) is 4.79 Å². The number of halogens is 4. The predicted octanol–water partition coefficient (Wildman–Crippen LogP) is 5.41. The number of amides is 1. The molecule has 4 nitrogen and oxygen atoms in total. The van der Waals surface area contributed by atoms with Gasteiger partial charge in [-0.1, -0.05) is 0 Å². The first-order chi connectivity index (χ1) is 14.3. The number of alkyl halides is 3. The molecule has 0 unspecified atom stereocenters. The molecule has 1 amide bonds. The van der Waals surface area contributed by atoms with E-state index in [1.807, 2.05) is 0 Å². The van der Waals surface area contributed by atoms with Crippen LogP contribution in [-0.4, -0.2) is 17.4 Å².